The maximum Gasteiger partial charge on any atom is 0.164 e. The summed E-state index contributed by atoms with van der Waals surface area (Å²) in [7, 11) is 0. The van der Waals surface area contributed by atoms with E-state index in [0.717, 1.165) is 0 Å². The highest BCUT2D eigenvalue weighted by Gasteiger charge is 2.03. The van der Waals surface area contributed by atoms with Gasteiger partial charge in [0.05, 0.1) is 18.4 Å². The molecule has 1 aromatic heterocycles. The molecule has 0 saturated heterocycles. The van der Waals surface area contributed by atoms with E-state index < -0.39 is 0 Å². The summed E-state index contributed by atoms with van der Waals surface area (Å²) >= 11 is 0. The van der Waals surface area contributed by atoms with Crippen molar-refractivity contribution in [3.05, 3.63) is 42.5 Å². The van der Waals surface area contributed by atoms with Gasteiger partial charge in [-0.25, -0.2) is 9.97 Å². The van der Waals surface area contributed by atoms with Gasteiger partial charge in [0.25, 0.3) is 0 Å². The van der Waals surface area contributed by atoms with Crippen LogP contribution in [0.4, 0.5) is 0 Å². The molecule has 0 radical (unpaired) electrons. The molecule has 0 saturated carbocycles. The van der Waals surface area contributed by atoms with Crippen LogP contribution in [0.25, 0.3) is 0 Å². The van der Waals surface area contributed by atoms with E-state index in [0.29, 0.717) is 17.3 Å². The van der Waals surface area contributed by atoms with Crippen LogP contribution >= 0.6 is 0 Å². The molecule has 88 valence electrons. The van der Waals surface area contributed by atoms with Crippen molar-refractivity contribution in [3.8, 4) is 17.2 Å². The minimum Gasteiger partial charge on any atom is -0.508 e. The fourth-order valence-corrected chi connectivity index (χ4v) is 1.26. The molecule has 0 fully saturated rings. The topological polar surface area (TPSA) is 81.3 Å². The first kappa shape index (κ1) is 11.3. The Bertz CT molecular complexity index is 480. The number of aromatic nitrogens is 2. The SMILES string of the molecule is CC(N)c1ncc(Oc2ccc(O)cc2)cn1. The largest absolute Gasteiger partial charge is 0.508 e. The maximum atomic E-state index is 9.13. The lowest BCUT2D eigenvalue weighted by Gasteiger charge is -2.06. The predicted octanol–water partition coefficient (Wildman–Crippen LogP) is 1.99. The molecule has 1 atom stereocenters. The second-order valence-corrected chi connectivity index (χ2v) is 3.66. The van der Waals surface area contributed by atoms with Crippen LogP contribution < -0.4 is 10.5 Å². The average Bonchev–Trinajstić information content (AvgIpc) is 2.33. The van der Waals surface area contributed by atoms with Crippen molar-refractivity contribution in [2.75, 3.05) is 0 Å². The number of phenolic OH excluding ortho intramolecular Hbond substituents is 1. The normalized spacial score (nSPS) is 12.1. The van der Waals surface area contributed by atoms with Crippen LogP contribution in [-0.2, 0) is 0 Å². The lowest BCUT2D eigenvalue weighted by Crippen LogP contribution is -2.09. The van der Waals surface area contributed by atoms with E-state index in [-0.39, 0.29) is 11.8 Å². The molecule has 0 bridgehead atoms. The highest BCUT2D eigenvalue weighted by Crippen LogP contribution is 2.22. The Balaban J connectivity index is 2.11. The Morgan fingerprint density at radius 1 is 1.12 bits per heavy atom. The summed E-state index contributed by atoms with van der Waals surface area (Å²) in [5, 5.41) is 9.13. The van der Waals surface area contributed by atoms with Crippen molar-refractivity contribution in [2.45, 2.75) is 13.0 Å². The molecule has 5 nitrogen and oxygen atoms in total. The molecule has 1 heterocycles. The van der Waals surface area contributed by atoms with Gasteiger partial charge in [-0.1, -0.05) is 0 Å². The van der Waals surface area contributed by atoms with Gasteiger partial charge in [-0.3, -0.25) is 0 Å². The molecular formula is C12H13N3O2. The fourth-order valence-electron chi connectivity index (χ4n) is 1.26. The summed E-state index contributed by atoms with van der Waals surface area (Å²) in [6, 6.07) is 6.22. The first-order valence-electron chi connectivity index (χ1n) is 5.19. The number of nitrogens with zero attached hydrogens (tertiary/aromatic N) is 2. The second-order valence-electron chi connectivity index (χ2n) is 3.66. The zero-order chi connectivity index (χ0) is 12.3. The molecule has 0 amide bonds. The number of nitrogens with two attached hydrogens (primary N) is 1. The molecule has 1 unspecified atom stereocenters. The van der Waals surface area contributed by atoms with Crippen LogP contribution in [-0.4, -0.2) is 15.1 Å². The first-order valence-corrected chi connectivity index (χ1v) is 5.19. The second kappa shape index (κ2) is 4.80. The van der Waals surface area contributed by atoms with Crippen LogP contribution in [0, 0.1) is 0 Å². The van der Waals surface area contributed by atoms with Crippen molar-refractivity contribution in [2.24, 2.45) is 5.73 Å². The number of aromatic hydroxyl groups is 1. The highest BCUT2D eigenvalue weighted by atomic mass is 16.5. The zero-order valence-corrected chi connectivity index (χ0v) is 9.37. The molecule has 0 aliphatic heterocycles. The number of hydrogen-bond acceptors (Lipinski definition) is 5. The van der Waals surface area contributed by atoms with E-state index >= 15 is 0 Å². The number of ether oxygens (including phenoxy) is 1. The van der Waals surface area contributed by atoms with Gasteiger partial charge in [0, 0.05) is 0 Å². The molecule has 0 aliphatic carbocycles. The standard InChI is InChI=1S/C12H13N3O2/c1-8(13)12-14-6-11(7-15-12)17-10-4-2-9(16)3-5-10/h2-8,16H,13H2,1H3. The van der Waals surface area contributed by atoms with Gasteiger partial charge in [0.2, 0.25) is 0 Å². The van der Waals surface area contributed by atoms with Crippen LogP contribution in [0.2, 0.25) is 0 Å². The third-order valence-electron chi connectivity index (χ3n) is 2.13. The van der Waals surface area contributed by atoms with Gasteiger partial charge < -0.3 is 15.6 Å². The quantitative estimate of drug-likeness (QED) is 0.844. The van der Waals surface area contributed by atoms with Crippen molar-refractivity contribution in [3.63, 3.8) is 0 Å². The lowest BCUT2D eigenvalue weighted by molar-refractivity contribution is 0.461. The average molecular weight is 231 g/mol. The molecule has 5 heteroatoms. The monoisotopic (exact) mass is 231 g/mol. The van der Waals surface area contributed by atoms with Crippen molar-refractivity contribution in [1.82, 2.24) is 9.97 Å². The minimum absolute atomic E-state index is 0.195. The Hall–Kier alpha value is -2.14. The number of rotatable bonds is 3. The zero-order valence-electron chi connectivity index (χ0n) is 9.37. The number of benzene rings is 1. The van der Waals surface area contributed by atoms with E-state index in [9.17, 15) is 0 Å². The smallest absolute Gasteiger partial charge is 0.164 e. The van der Waals surface area contributed by atoms with Gasteiger partial charge in [-0.15, -0.1) is 0 Å². The van der Waals surface area contributed by atoms with Crippen molar-refractivity contribution >= 4 is 0 Å². The van der Waals surface area contributed by atoms with Gasteiger partial charge >= 0.3 is 0 Å². The van der Waals surface area contributed by atoms with Crippen LogP contribution in [0.5, 0.6) is 17.2 Å². The predicted molar refractivity (Wildman–Crippen MR) is 62.8 cm³/mol. The maximum absolute atomic E-state index is 9.13. The minimum atomic E-state index is -0.197. The summed E-state index contributed by atoms with van der Waals surface area (Å²) in [4.78, 5) is 8.16. The molecular weight excluding hydrogens is 218 g/mol. The summed E-state index contributed by atoms with van der Waals surface area (Å²) in [5.41, 5.74) is 5.64. The third-order valence-corrected chi connectivity index (χ3v) is 2.13. The summed E-state index contributed by atoms with van der Waals surface area (Å²) in [6.07, 6.45) is 3.14. The molecule has 17 heavy (non-hydrogen) atoms. The number of phenols is 1. The van der Waals surface area contributed by atoms with E-state index in [2.05, 4.69) is 9.97 Å². The van der Waals surface area contributed by atoms with Crippen molar-refractivity contribution in [1.29, 1.82) is 0 Å². The molecule has 3 N–H and O–H groups in total. The lowest BCUT2D eigenvalue weighted by atomic mass is 10.3. The Morgan fingerprint density at radius 3 is 2.24 bits per heavy atom. The molecule has 1 aromatic carbocycles. The van der Waals surface area contributed by atoms with Crippen LogP contribution in [0.3, 0.4) is 0 Å². The van der Waals surface area contributed by atoms with E-state index in [1.165, 1.54) is 0 Å². The summed E-state index contributed by atoms with van der Waals surface area (Å²) in [6.45, 7) is 1.82. The van der Waals surface area contributed by atoms with E-state index in [1.807, 2.05) is 6.92 Å². The van der Waals surface area contributed by atoms with E-state index in [1.54, 1.807) is 36.7 Å². The van der Waals surface area contributed by atoms with Crippen LogP contribution in [0.15, 0.2) is 36.7 Å². The highest BCUT2D eigenvalue weighted by molar-refractivity contribution is 5.33. The number of hydrogen-bond donors (Lipinski definition) is 2. The van der Waals surface area contributed by atoms with Crippen LogP contribution in [0.1, 0.15) is 18.8 Å². The Morgan fingerprint density at radius 2 is 1.71 bits per heavy atom. The molecule has 0 aliphatic rings. The van der Waals surface area contributed by atoms with Gasteiger partial charge in [-0.2, -0.15) is 0 Å². The molecule has 2 rings (SSSR count). The Kier molecular flexibility index (Phi) is 3.20. The molecule has 2 aromatic rings. The fraction of sp³-hybridized carbons (Fsp3) is 0.167. The Labute approximate surface area is 98.9 Å². The van der Waals surface area contributed by atoms with E-state index in [4.69, 9.17) is 15.6 Å². The summed E-state index contributed by atoms with van der Waals surface area (Å²) < 4.78 is 5.49. The van der Waals surface area contributed by atoms with Gasteiger partial charge in [-0.05, 0) is 31.2 Å². The van der Waals surface area contributed by atoms with Gasteiger partial charge in [0.15, 0.2) is 5.75 Å². The summed E-state index contributed by atoms with van der Waals surface area (Å²) in [5.74, 6) is 1.91. The van der Waals surface area contributed by atoms with Crippen molar-refractivity contribution < 1.29 is 9.84 Å². The first-order chi connectivity index (χ1) is 8.15. The molecule has 0 spiro atoms. The third kappa shape index (κ3) is 2.92. The van der Waals surface area contributed by atoms with Gasteiger partial charge in [0.1, 0.15) is 17.3 Å².